The van der Waals surface area contributed by atoms with E-state index in [4.69, 9.17) is 0 Å². The molecule has 0 aliphatic heterocycles. The molecule has 0 saturated heterocycles. The highest BCUT2D eigenvalue weighted by Crippen LogP contribution is 2.23. The molecule has 3 rings (SSSR count). The molecule has 0 radical (unpaired) electrons. The van der Waals surface area contributed by atoms with Crippen LogP contribution in [0.3, 0.4) is 0 Å². The van der Waals surface area contributed by atoms with Crippen LogP contribution in [0.5, 0.6) is 0 Å². The minimum atomic E-state index is 0.0598. The molecule has 112 valence electrons. The lowest BCUT2D eigenvalue weighted by Crippen LogP contribution is -2.27. The number of hydrogen-bond donors (Lipinski definition) is 1. The van der Waals surface area contributed by atoms with Crippen LogP contribution in [0.4, 0.5) is 5.69 Å². The molecule has 0 bridgehead atoms. The first kappa shape index (κ1) is 14.3. The van der Waals surface area contributed by atoms with Gasteiger partial charge in [0.05, 0.1) is 11.9 Å². The number of imidazole rings is 1. The second-order valence-corrected chi connectivity index (χ2v) is 5.98. The van der Waals surface area contributed by atoms with E-state index in [-0.39, 0.29) is 5.41 Å². The van der Waals surface area contributed by atoms with E-state index in [1.807, 2.05) is 35.2 Å². The SMILES string of the molecule is CC(C)(CNc1ccc(-n2ccnc2)nc1)c1ccccc1. The minimum absolute atomic E-state index is 0.0598. The zero-order valence-corrected chi connectivity index (χ0v) is 12.9. The summed E-state index contributed by atoms with van der Waals surface area (Å²) in [4.78, 5) is 8.49. The number of hydrogen-bond acceptors (Lipinski definition) is 3. The van der Waals surface area contributed by atoms with Crippen LogP contribution in [-0.4, -0.2) is 21.1 Å². The molecule has 0 aliphatic rings. The molecule has 0 spiro atoms. The molecule has 1 N–H and O–H groups in total. The van der Waals surface area contributed by atoms with E-state index in [1.54, 1.807) is 12.5 Å². The van der Waals surface area contributed by atoms with Crippen molar-refractivity contribution in [2.45, 2.75) is 19.3 Å². The fraction of sp³-hybridized carbons (Fsp3) is 0.222. The number of benzene rings is 1. The lowest BCUT2D eigenvalue weighted by atomic mass is 9.84. The summed E-state index contributed by atoms with van der Waals surface area (Å²) >= 11 is 0. The highest BCUT2D eigenvalue weighted by Gasteiger charge is 2.19. The lowest BCUT2D eigenvalue weighted by molar-refractivity contribution is 0.557. The average Bonchev–Trinajstić information content (AvgIpc) is 3.09. The maximum Gasteiger partial charge on any atom is 0.137 e. The fourth-order valence-corrected chi connectivity index (χ4v) is 2.35. The smallest absolute Gasteiger partial charge is 0.137 e. The van der Waals surface area contributed by atoms with E-state index >= 15 is 0 Å². The topological polar surface area (TPSA) is 42.7 Å². The van der Waals surface area contributed by atoms with Gasteiger partial charge in [0.1, 0.15) is 12.1 Å². The number of rotatable bonds is 5. The highest BCUT2D eigenvalue weighted by molar-refractivity contribution is 5.44. The zero-order chi connectivity index (χ0) is 15.4. The van der Waals surface area contributed by atoms with Crippen molar-refractivity contribution in [2.24, 2.45) is 0 Å². The summed E-state index contributed by atoms with van der Waals surface area (Å²) in [7, 11) is 0. The molecule has 0 unspecified atom stereocenters. The van der Waals surface area contributed by atoms with E-state index in [2.05, 4.69) is 53.4 Å². The van der Waals surface area contributed by atoms with Gasteiger partial charge < -0.3 is 5.32 Å². The van der Waals surface area contributed by atoms with Crippen molar-refractivity contribution in [3.63, 3.8) is 0 Å². The third kappa shape index (κ3) is 3.17. The van der Waals surface area contributed by atoms with Crippen molar-refractivity contribution in [3.05, 3.63) is 72.9 Å². The van der Waals surface area contributed by atoms with Crippen molar-refractivity contribution in [1.82, 2.24) is 14.5 Å². The van der Waals surface area contributed by atoms with E-state index in [0.717, 1.165) is 18.1 Å². The van der Waals surface area contributed by atoms with Crippen LogP contribution >= 0.6 is 0 Å². The number of aromatic nitrogens is 3. The van der Waals surface area contributed by atoms with Crippen molar-refractivity contribution in [2.75, 3.05) is 11.9 Å². The van der Waals surface area contributed by atoms with Gasteiger partial charge in [0, 0.05) is 24.4 Å². The van der Waals surface area contributed by atoms with Crippen LogP contribution in [0.1, 0.15) is 19.4 Å². The quantitative estimate of drug-likeness (QED) is 0.780. The molecule has 0 aliphatic carbocycles. The summed E-state index contributed by atoms with van der Waals surface area (Å²) < 4.78 is 1.89. The molecule has 0 amide bonds. The Morgan fingerprint density at radius 1 is 1.09 bits per heavy atom. The first-order chi connectivity index (χ1) is 10.6. The number of nitrogens with one attached hydrogen (secondary N) is 1. The zero-order valence-electron chi connectivity index (χ0n) is 12.9. The largest absolute Gasteiger partial charge is 0.383 e. The first-order valence-corrected chi connectivity index (χ1v) is 7.39. The normalized spacial score (nSPS) is 11.4. The summed E-state index contributed by atoms with van der Waals surface area (Å²) in [5, 5.41) is 3.47. The van der Waals surface area contributed by atoms with Gasteiger partial charge in [-0.25, -0.2) is 9.97 Å². The Morgan fingerprint density at radius 3 is 2.55 bits per heavy atom. The van der Waals surface area contributed by atoms with Crippen LogP contribution in [0, 0.1) is 0 Å². The lowest BCUT2D eigenvalue weighted by Gasteiger charge is -2.26. The predicted molar refractivity (Wildman–Crippen MR) is 89.3 cm³/mol. The maximum absolute atomic E-state index is 4.46. The second kappa shape index (κ2) is 6.02. The van der Waals surface area contributed by atoms with Crippen molar-refractivity contribution in [3.8, 4) is 5.82 Å². The van der Waals surface area contributed by atoms with Gasteiger partial charge in [-0.1, -0.05) is 44.2 Å². The van der Waals surface area contributed by atoms with Gasteiger partial charge in [0.2, 0.25) is 0 Å². The predicted octanol–water partition coefficient (Wildman–Crippen LogP) is 3.66. The Balaban J connectivity index is 1.66. The van der Waals surface area contributed by atoms with Crippen LogP contribution < -0.4 is 5.32 Å². The number of nitrogens with zero attached hydrogens (tertiary/aromatic N) is 3. The van der Waals surface area contributed by atoms with E-state index in [1.165, 1.54) is 5.56 Å². The molecule has 0 fully saturated rings. The third-order valence-corrected chi connectivity index (χ3v) is 3.81. The minimum Gasteiger partial charge on any atom is -0.383 e. The van der Waals surface area contributed by atoms with Gasteiger partial charge in [-0.3, -0.25) is 4.57 Å². The molecule has 0 atom stereocenters. The Bertz CT molecular complexity index is 701. The van der Waals surface area contributed by atoms with Crippen LogP contribution in [0.15, 0.2) is 67.4 Å². The van der Waals surface area contributed by atoms with Crippen molar-refractivity contribution < 1.29 is 0 Å². The van der Waals surface area contributed by atoms with Gasteiger partial charge >= 0.3 is 0 Å². The molecule has 3 aromatic rings. The number of anilines is 1. The molecule has 2 aromatic heterocycles. The molecular weight excluding hydrogens is 272 g/mol. The summed E-state index contributed by atoms with van der Waals surface area (Å²) in [6.45, 7) is 5.33. The van der Waals surface area contributed by atoms with Gasteiger partial charge in [-0.05, 0) is 17.7 Å². The Morgan fingerprint density at radius 2 is 1.91 bits per heavy atom. The van der Waals surface area contributed by atoms with E-state index < -0.39 is 0 Å². The molecule has 1 aromatic carbocycles. The third-order valence-electron chi connectivity index (χ3n) is 3.81. The Hall–Kier alpha value is -2.62. The molecule has 4 nitrogen and oxygen atoms in total. The van der Waals surface area contributed by atoms with Gasteiger partial charge in [-0.2, -0.15) is 0 Å². The summed E-state index contributed by atoms with van der Waals surface area (Å²) in [5.74, 6) is 0.866. The van der Waals surface area contributed by atoms with E-state index in [0.29, 0.717) is 0 Å². The second-order valence-electron chi connectivity index (χ2n) is 5.98. The van der Waals surface area contributed by atoms with Gasteiger partial charge in [0.25, 0.3) is 0 Å². The van der Waals surface area contributed by atoms with Crippen LogP contribution in [-0.2, 0) is 5.41 Å². The maximum atomic E-state index is 4.46. The Labute approximate surface area is 130 Å². The summed E-state index contributed by atoms with van der Waals surface area (Å²) in [5.41, 5.74) is 2.41. The van der Waals surface area contributed by atoms with Crippen molar-refractivity contribution in [1.29, 1.82) is 0 Å². The van der Waals surface area contributed by atoms with E-state index in [9.17, 15) is 0 Å². The molecular formula is C18H20N4. The average molecular weight is 292 g/mol. The Kier molecular flexibility index (Phi) is 3.92. The number of pyridine rings is 1. The molecule has 22 heavy (non-hydrogen) atoms. The fourth-order valence-electron chi connectivity index (χ4n) is 2.35. The van der Waals surface area contributed by atoms with Gasteiger partial charge in [-0.15, -0.1) is 0 Å². The molecule has 0 saturated carbocycles. The molecule has 4 heteroatoms. The standard InChI is InChI=1S/C18H20N4/c1-18(2,15-6-4-3-5-7-15)13-21-16-8-9-17(20-12-16)22-11-10-19-14-22/h3-12,14,21H,13H2,1-2H3. The van der Waals surface area contributed by atoms with Gasteiger partial charge in [0.15, 0.2) is 0 Å². The summed E-state index contributed by atoms with van der Waals surface area (Å²) in [6.07, 6.45) is 7.23. The van der Waals surface area contributed by atoms with Crippen LogP contribution in [0.2, 0.25) is 0 Å². The highest BCUT2D eigenvalue weighted by atomic mass is 15.1. The first-order valence-electron chi connectivity index (χ1n) is 7.39. The summed E-state index contributed by atoms with van der Waals surface area (Å²) in [6, 6.07) is 14.6. The monoisotopic (exact) mass is 292 g/mol. The van der Waals surface area contributed by atoms with Crippen molar-refractivity contribution >= 4 is 5.69 Å². The van der Waals surface area contributed by atoms with Crippen LogP contribution in [0.25, 0.3) is 5.82 Å². The molecule has 2 heterocycles.